The topological polar surface area (TPSA) is 38.7 Å². The summed E-state index contributed by atoms with van der Waals surface area (Å²) in [6.45, 7) is 0. The highest BCUT2D eigenvalue weighted by Crippen LogP contribution is 2.38. The van der Waals surface area contributed by atoms with E-state index < -0.39 is 0 Å². The molecule has 0 aliphatic rings. The summed E-state index contributed by atoms with van der Waals surface area (Å²) in [7, 11) is 0. The van der Waals surface area contributed by atoms with Gasteiger partial charge >= 0.3 is 0 Å². The second kappa shape index (κ2) is 12.4. The van der Waals surface area contributed by atoms with Gasteiger partial charge in [0.1, 0.15) is 0 Å². The van der Waals surface area contributed by atoms with Crippen molar-refractivity contribution in [3.63, 3.8) is 0 Å². The second-order valence-electron chi connectivity index (χ2n) is 13.3. The zero-order valence-electron chi connectivity index (χ0n) is 28.2. The van der Waals surface area contributed by atoms with Crippen molar-refractivity contribution in [2.45, 2.75) is 0 Å². The summed E-state index contributed by atoms with van der Waals surface area (Å²) in [5.41, 5.74) is 9.25. The van der Waals surface area contributed by atoms with Crippen LogP contribution in [-0.4, -0.2) is 15.0 Å². The molecule has 10 rings (SSSR count). The zero-order chi connectivity index (χ0) is 34.4. The first-order chi connectivity index (χ1) is 25.7. The molecule has 0 amide bonds. The molecule has 0 N–H and O–H groups in total. The first-order valence-corrected chi connectivity index (χ1v) is 17.6. The lowest BCUT2D eigenvalue weighted by Gasteiger charge is -2.14. The Morgan fingerprint density at radius 2 is 0.808 bits per heavy atom. The van der Waals surface area contributed by atoms with Gasteiger partial charge in [0.25, 0.3) is 0 Å². The van der Waals surface area contributed by atoms with E-state index in [1.54, 1.807) is 6.20 Å². The maximum Gasteiger partial charge on any atom is 0.160 e. The smallest absolute Gasteiger partial charge is 0.160 e. The first-order valence-electron chi connectivity index (χ1n) is 17.6. The molecule has 10 aromatic rings. The molecule has 3 heteroatoms. The van der Waals surface area contributed by atoms with Crippen molar-refractivity contribution >= 4 is 43.1 Å². The molecule has 0 unspecified atom stereocenters. The molecular weight excluding hydrogens is 631 g/mol. The third kappa shape index (κ3) is 5.28. The van der Waals surface area contributed by atoms with Crippen LogP contribution in [0.3, 0.4) is 0 Å². The van der Waals surface area contributed by atoms with Crippen molar-refractivity contribution in [2.75, 3.05) is 0 Å². The molecule has 0 saturated carbocycles. The highest BCUT2D eigenvalue weighted by molar-refractivity contribution is 6.25. The maximum atomic E-state index is 5.29. The van der Waals surface area contributed by atoms with Gasteiger partial charge in [0.2, 0.25) is 0 Å². The Hall–Kier alpha value is -6.97. The molecule has 0 saturated heterocycles. The summed E-state index contributed by atoms with van der Waals surface area (Å²) in [4.78, 5) is 14.9. The SMILES string of the molecule is c1cncc(-c2cccc(-c3cc(-c4cccc(-c5ccc6ccccc6c5)c4)nc(-c4ccc5c6ccccc6c6ccccc6c5c4)n3)c2)c1. The van der Waals surface area contributed by atoms with Crippen molar-refractivity contribution in [1.29, 1.82) is 0 Å². The summed E-state index contributed by atoms with van der Waals surface area (Å²) >= 11 is 0. The molecule has 0 aliphatic carbocycles. The van der Waals surface area contributed by atoms with Crippen molar-refractivity contribution in [3.05, 3.63) is 188 Å². The third-order valence-electron chi connectivity index (χ3n) is 10.1. The quantitative estimate of drug-likeness (QED) is 0.172. The maximum absolute atomic E-state index is 5.29. The summed E-state index contributed by atoms with van der Waals surface area (Å²) in [5.74, 6) is 0.689. The molecule has 0 fully saturated rings. The van der Waals surface area contributed by atoms with Crippen LogP contribution < -0.4 is 0 Å². The molecule has 8 aromatic carbocycles. The molecule has 242 valence electrons. The van der Waals surface area contributed by atoms with Crippen LogP contribution in [0.4, 0.5) is 0 Å². The van der Waals surface area contributed by atoms with Gasteiger partial charge in [-0.15, -0.1) is 0 Å². The van der Waals surface area contributed by atoms with Gasteiger partial charge in [-0.2, -0.15) is 0 Å². The number of benzene rings is 8. The number of pyridine rings is 1. The van der Waals surface area contributed by atoms with Crippen molar-refractivity contribution < 1.29 is 0 Å². The van der Waals surface area contributed by atoms with Gasteiger partial charge in [-0.3, -0.25) is 4.98 Å². The molecule has 0 aliphatic heterocycles. The Bertz CT molecular complexity index is 2930. The summed E-state index contributed by atoms with van der Waals surface area (Å²) in [6, 6.07) is 62.6. The monoisotopic (exact) mass is 661 g/mol. The second-order valence-corrected chi connectivity index (χ2v) is 13.3. The van der Waals surface area contributed by atoms with E-state index in [0.717, 1.165) is 44.8 Å². The predicted molar refractivity (Wildman–Crippen MR) is 217 cm³/mol. The summed E-state index contributed by atoms with van der Waals surface area (Å²) < 4.78 is 0. The Morgan fingerprint density at radius 3 is 1.46 bits per heavy atom. The Labute approximate surface area is 301 Å². The van der Waals surface area contributed by atoms with Gasteiger partial charge in [0.15, 0.2) is 5.82 Å². The number of nitrogens with zero attached hydrogens (tertiary/aromatic N) is 3. The van der Waals surface area contributed by atoms with Crippen LogP contribution in [0, 0.1) is 0 Å². The Morgan fingerprint density at radius 1 is 0.288 bits per heavy atom. The molecule has 0 radical (unpaired) electrons. The van der Waals surface area contributed by atoms with Crippen molar-refractivity contribution in [1.82, 2.24) is 15.0 Å². The molecule has 2 heterocycles. The van der Waals surface area contributed by atoms with Gasteiger partial charge < -0.3 is 0 Å². The van der Waals surface area contributed by atoms with Crippen LogP contribution in [-0.2, 0) is 0 Å². The van der Waals surface area contributed by atoms with E-state index in [1.165, 1.54) is 48.7 Å². The normalized spacial score (nSPS) is 11.5. The van der Waals surface area contributed by atoms with Gasteiger partial charge in [-0.1, -0.05) is 140 Å². The fourth-order valence-electron chi connectivity index (χ4n) is 7.54. The average molecular weight is 662 g/mol. The van der Waals surface area contributed by atoms with Gasteiger partial charge in [-0.25, -0.2) is 9.97 Å². The van der Waals surface area contributed by atoms with Crippen LogP contribution in [0.2, 0.25) is 0 Å². The Balaban J connectivity index is 1.17. The zero-order valence-corrected chi connectivity index (χ0v) is 28.2. The highest BCUT2D eigenvalue weighted by atomic mass is 14.9. The largest absolute Gasteiger partial charge is 0.264 e. The van der Waals surface area contributed by atoms with Gasteiger partial charge in [0.05, 0.1) is 11.4 Å². The lowest BCUT2D eigenvalue weighted by molar-refractivity contribution is 1.18. The molecule has 0 spiro atoms. The average Bonchev–Trinajstić information content (AvgIpc) is 3.23. The molecule has 0 bridgehead atoms. The van der Waals surface area contributed by atoms with Crippen molar-refractivity contribution in [3.8, 4) is 56.2 Å². The molecular formula is C49H31N3. The predicted octanol–water partition coefficient (Wildman–Crippen LogP) is 12.8. The first kappa shape index (κ1) is 29.9. The van der Waals surface area contributed by atoms with Crippen LogP contribution in [0.1, 0.15) is 0 Å². The molecule has 52 heavy (non-hydrogen) atoms. The fraction of sp³-hybridized carbons (Fsp3) is 0. The lowest BCUT2D eigenvalue weighted by Crippen LogP contribution is -1.97. The van der Waals surface area contributed by atoms with Crippen LogP contribution >= 0.6 is 0 Å². The van der Waals surface area contributed by atoms with E-state index >= 15 is 0 Å². The Kier molecular flexibility index (Phi) is 7.14. The number of hydrogen-bond acceptors (Lipinski definition) is 3. The highest BCUT2D eigenvalue weighted by Gasteiger charge is 2.15. The standard InChI is InChI=1S/C49H31N3/c1-2-11-33-26-36(22-21-32(33)10-1)34-12-7-14-37(27-34)47-30-48(38-15-8-13-35(28-38)40-16-9-25-50-31-40)52-49(51-47)39-23-24-45-43-19-4-3-17-41(43)42-18-5-6-20-44(42)46(45)29-39/h1-31H. The molecule has 0 atom stereocenters. The fourth-order valence-corrected chi connectivity index (χ4v) is 7.54. The minimum absolute atomic E-state index is 0.689. The van der Waals surface area contributed by atoms with Gasteiger partial charge in [-0.05, 0) is 96.2 Å². The van der Waals surface area contributed by atoms with E-state index in [9.17, 15) is 0 Å². The van der Waals surface area contributed by atoms with E-state index in [-0.39, 0.29) is 0 Å². The van der Waals surface area contributed by atoms with Crippen LogP contribution in [0.5, 0.6) is 0 Å². The minimum Gasteiger partial charge on any atom is -0.264 e. The van der Waals surface area contributed by atoms with Gasteiger partial charge in [0, 0.05) is 34.6 Å². The third-order valence-corrected chi connectivity index (χ3v) is 10.1. The van der Waals surface area contributed by atoms with Crippen molar-refractivity contribution in [2.24, 2.45) is 0 Å². The number of rotatable bonds is 5. The van der Waals surface area contributed by atoms with E-state index in [1.807, 2.05) is 12.3 Å². The molecule has 3 nitrogen and oxygen atoms in total. The van der Waals surface area contributed by atoms with E-state index in [2.05, 4.69) is 175 Å². The van der Waals surface area contributed by atoms with Crippen LogP contribution in [0.15, 0.2) is 188 Å². The molecule has 2 aromatic heterocycles. The van der Waals surface area contributed by atoms with E-state index in [4.69, 9.17) is 9.97 Å². The minimum atomic E-state index is 0.689. The van der Waals surface area contributed by atoms with Crippen LogP contribution in [0.25, 0.3) is 99.2 Å². The van der Waals surface area contributed by atoms with E-state index in [0.29, 0.717) is 5.82 Å². The number of aromatic nitrogens is 3. The lowest BCUT2D eigenvalue weighted by atomic mass is 9.93. The number of fused-ring (bicyclic) bond motifs is 7. The summed E-state index contributed by atoms with van der Waals surface area (Å²) in [5, 5.41) is 9.85. The summed E-state index contributed by atoms with van der Waals surface area (Å²) in [6.07, 6.45) is 3.70. The number of hydrogen-bond donors (Lipinski definition) is 0.